The van der Waals surface area contributed by atoms with Crippen LogP contribution in [-0.2, 0) is 4.79 Å². The molecular weight excluding hydrogens is 228 g/mol. The van der Waals surface area contributed by atoms with E-state index in [1.807, 2.05) is 30.5 Å². The van der Waals surface area contributed by atoms with Crippen molar-refractivity contribution in [2.75, 3.05) is 0 Å². The van der Waals surface area contributed by atoms with Crippen molar-refractivity contribution in [3.05, 3.63) is 41.7 Å². The maximum Gasteiger partial charge on any atom is 0.303 e. The summed E-state index contributed by atoms with van der Waals surface area (Å²) < 4.78 is 0. The highest BCUT2D eigenvalue weighted by Crippen LogP contribution is 2.32. The molecule has 2 heterocycles. The van der Waals surface area contributed by atoms with Crippen molar-refractivity contribution in [1.29, 1.82) is 0 Å². The second kappa shape index (κ2) is 4.22. The van der Waals surface area contributed by atoms with Gasteiger partial charge < -0.3 is 15.4 Å². The molecule has 0 fully saturated rings. The summed E-state index contributed by atoms with van der Waals surface area (Å²) in [5.74, 6) is -0.760. The molecule has 0 aliphatic carbocycles. The fourth-order valence-corrected chi connectivity index (χ4v) is 2.47. The number of carbonyl (C=O) groups is 1. The highest BCUT2D eigenvalue weighted by Gasteiger charge is 2.21. The van der Waals surface area contributed by atoms with Crippen LogP contribution in [-0.4, -0.2) is 16.1 Å². The molecule has 0 saturated carbocycles. The molecular formula is C14H14N2O2. The van der Waals surface area contributed by atoms with E-state index in [1.165, 1.54) is 10.9 Å². The predicted molar refractivity (Wildman–Crippen MR) is 70.1 cm³/mol. The summed E-state index contributed by atoms with van der Waals surface area (Å²) in [5.41, 5.74) is 3.34. The molecule has 2 aromatic rings. The van der Waals surface area contributed by atoms with E-state index >= 15 is 0 Å². The maximum atomic E-state index is 10.7. The first-order valence-electron chi connectivity index (χ1n) is 6.00. The van der Waals surface area contributed by atoms with Gasteiger partial charge in [-0.25, -0.2) is 0 Å². The minimum atomic E-state index is -0.760. The van der Waals surface area contributed by atoms with E-state index in [0.29, 0.717) is 6.42 Å². The molecule has 0 radical (unpaired) electrons. The van der Waals surface area contributed by atoms with Crippen LogP contribution in [0.25, 0.3) is 17.0 Å². The first-order chi connectivity index (χ1) is 8.75. The van der Waals surface area contributed by atoms with Gasteiger partial charge in [0.15, 0.2) is 0 Å². The molecule has 1 aromatic carbocycles. The molecule has 1 aromatic heterocycles. The van der Waals surface area contributed by atoms with Crippen LogP contribution in [0.4, 0.5) is 0 Å². The fraction of sp³-hybridized carbons (Fsp3) is 0.214. The van der Waals surface area contributed by atoms with Crippen LogP contribution < -0.4 is 5.32 Å². The summed E-state index contributed by atoms with van der Waals surface area (Å²) in [7, 11) is 0. The molecule has 0 saturated heterocycles. The highest BCUT2D eigenvalue weighted by molar-refractivity contribution is 5.91. The number of aromatic nitrogens is 1. The number of rotatable bonds is 3. The van der Waals surface area contributed by atoms with Crippen LogP contribution in [0.1, 0.15) is 30.1 Å². The van der Waals surface area contributed by atoms with Crippen LogP contribution in [0.2, 0.25) is 0 Å². The molecule has 1 aliphatic heterocycles. The first kappa shape index (κ1) is 10.9. The molecule has 1 unspecified atom stereocenters. The van der Waals surface area contributed by atoms with Gasteiger partial charge in [0, 0.05) is 28.6 Å². The summed E-state index contributed by atoms with van der Waals surface area (Å²) in [6, 6.07) is 8.17. The molecule has 4 nitrogen and oxygen atoms in total. The second-order valence-corrected chi connectivity index (χ2v) is 4.48. The number of H-pyrrole nitrogens is 1. The quantitative estimate of drug-likeness (QED) is 0.775. The number of nitrogens with one attached hydrogen (secondary N) is 2. The van der Waals surface area contributed by atoms with Crippen molar-refractivity contribution < 1.29 is 9.90 Å². The van der Waals surface area contributed by atoms with Crippen molar-refractivity contribution in [1.82, 2.24) is 10.3 Å². The molecule has 0 bridgehead atoms. The molecule has 0 spiro atoms. The highest BCUT2D eigenvalue weighted by atomic mass is 16.4. The van der Waals surface area contributed by atoms with Gasteiger partial charge in [-0.05, 0) is 24.8 Å². The second-order valence-electron chi connectivity index (χ2n) is 4.48. The lowest BCUT2D eigenvalue weighted by molar-refractivity contribution is -0.137. The average Bonchev–Trinajstić information content (AvgIpc) is 2.75. The maximum absolute atomic E-state index is 10.7. The predicted octanol–water partition coefficient (Wildman–Crippen LogP) is 2.65. The monoisotopic (exact) mass is 242 g/mol. The Kier molecular flexibility index (Phi) is 2.55. The van der Waals surface area contributed by atoms with E-state index in [2.05, 4.69) is 16.4 Å². The zero-order valence-electron chi connectivity index (χ0n) is 9.81. The number of para-hydroxylation sites is 1. The summed E-state index contributed by atoms with van der Waals surface area (Å²) in [4.78, 5) is 14.1. The van der Waals surface area contributed by atoms with E-state index in [9.17, 15) is 4.79 Å². The van der Waals surface area contributed by atoms with Crippen LogP contribution in [0.5, 0.6) is 0 Å². The normalized spacial score (nSPS) is 17.4. The van der Waals surface area contributed by atoms with Gasteiger partial charge in [0.25, 0.3) is 0 Å². The van der Waals surface area contributed by atoms with Gasteiger partial charge in [0.1, 0.15) is 0 Å². The largest absolute Gasteiger partial charge is 0.481 e. The SMILES string of the molecule is O=C(O)CCC1NC=Cc2c1[nH]c1ccccc21. The molecule has 0 amide bonds. The van der Waals surface area contributed by atoms with E-state index in [1.54, 1.807) is 0 Å². The number of benzene rings is 1. The van der Waals surface area contributed by atoms with Gasteiger partial charge in [-0.3, -0.25) is 4.79 Å². The van der Waals surface area contributed by atoms with Gasteiger partial charge in [0.2, 0.25) is 0 Å². The summed E-state index contributed by atoms with van der Waals surface area (Å²) in [5, 5.41) is 13.2. The fourth-order valence-electron chi connectivity index (χ4n) is 2.47. The molecule has 4 heteroatoms. The van der Waals surface area contributed by atoms with Gasteiger partial charge in [0.05, 0.1) is 6.04 Å². The Labute approximate surface area is 104 Å². The summed E-state index contributed by atoms with van der Waals surface area (Å²) in [6.07, 6.45) is 4.68. The van der Waals surface area contributed by atoms with Crippen molar-refractivity contribution in [3.8, 4) is 0 Å². The number of hydrogen-bond acceptors (Lipinski definition) is 2. The standard InChI is InChI=1S/C14H14N2O2/c17-13(18)6-5-12-14-10(7-8-15-12)9-3-1-2-4-11(9)16-14/h1-4,7-8,12,15-16H,5-6H2,(H,17,18). The smallest absolute Gasteiger partial charge is 0.303 e. The number of carboxylic acids is 1. The number of aliphatic carboxylic acids is 1. The van der Waals surface area contributed by atoms with Gasteiger partial charge in [-0.15, -0.1) is 0 Å². The van der Waals surface area contributed by atoms with E-state index in [4.69, 9.17) is 5.11 Å². The summed E-state index contributed by atoms with van der Waals surface area (Å²) >= 11 is 0. The van der Waals surface area contributed by atoms with Crippen molar-refractivity contribution >= 4 is 22.9 Å². The topological polar surface area (TPSA) is 65.1 Å². The number of carboxylic acid groups (broad SMARTS) is 1. The lowest BCUT2D eigenvalue weighted by Crippen LogP contribution is -2.20. The molecule has 3 N–H and O–H groups in total. The van der Waals surface area contributed by atoms with E-state index in [0.717, 1.165) is 11.2 Å². The zero-order valence-corrected chi connectivity index (χ0v) is 9.81. The number of hydrogen-bond donors (Lipinski definition) is 3. The van der Waals surface area contributed by atoms with Gasteiger partial charge in [-0.1, -0.05) is 18.2 Å². The molecule has 3 rings (SSSR count). The van der Waals surface area contributed by atoms with E-state index in [-0.39, 0.29) is 12.5 Å². The Hall–Kier alpha value is -2.23. The van der Waals surface area contributed by atoms with E-state index < -0.39 is 5.97 Å². The van der Waals surface area contributed by atoms with Crippen molar-refractivity contribution in [2.24, 2.45) is 0 Å². The Morgan fingerprint density at radius 1 is 1.33 bits per heavy atom. The summed E-state index contributed by atoms with van der Waals surface area (Å²) in [6.45, 7) is 0. The molecule has 1 aliphatic rings. The third kappa shape index (κ3) is 1.76. The lowest BCUT2D eigenvalue weighted by atomic mass is 10.00. The third-order valence-electron chi connectivity index (χ3n) is 3.32. The zero-order chi connectivity index (χ0) is 12.5. The van der Waals surface area contributed by atoms with Gasteiger partial charge >= 0.3 is 5.97 Å². The molecule has 1 atom stereocenters. The number of fused-ring (bicyclic) bond motifs is 3. The van der Waals surface area contributed by atoms with Crippen LogP contribution >= 0.6 is 0 Å². The minimum absolute atomic E-state index is 0.0495. The third-order valence-corrected chi connectivity index (χ3v) is 3.32. The molecule has 18 heavy (non-hydrogen) atoms. The first-order valence-corrected chi connectivity index (χ1v) is 6.00. The van der Waals surface area contributed by atoms with Crippen LogP contribution in [0, 0.1) is 0 Å². The lowest BCUT2D eigenvalue weighted by Gasteiger charge is -2.20. The van der Waals surface area contributed by atoms with Crippen molar-refractivity contribution in [3.63, 3.8) is 0 Å². The Balaban J connectivity index is 2.00. The van der Waals surface area contributed by atoms with Gasteiger partial charge in [-0.2, -0.15) is 0 Å². The van der Waals surface area contributed by atoms with Crippen LogP contribution in [0.3, 0.4) is 0 Å². The van der Waals surface area contributed by atoms with Crippen LogP contribution in [0.15, 0.2) is 30.5 Å². The molecule has 92 valence electrons. The Morgan fingerprint density at radius 2 is 2.17 bits per heavy atom. The Morgan fingerprint density at radius 3 is 3.00 bits per heavy atom. The van der Waals surface area contributed by atoms with Crippen molar-refractivity contribution in [2.45, 2.75) is 18.9 Å². The number of aromatic amines is 1. The Bertz CT molecular complexity index is 628. The average molecular weight is 242 g/mol. The minimum Gasteiger partial charge on any atom is -0.481 e.